The molecule has 19 heavy (non-hydrogen) atoms. The summed E-state index contributed by atoms with van der Waals surface area (Å²) in [6.45, 7) is 0.752. The van der Waals surface area contributed by atoms with Crippen LogP contribution in [-0.4, -0.2) is 16.7 Å². The fourth-order valence-corrected chi connectivity index (χ4v) is 2.42. The van der Waals surface area contributed by atoms with Crippen LogP contribution in [0.15, 0.2) is 22.7 Å². The maximum Gasteiger partial charge on any atom is 0.229 e. The van der Waals surface area contributed by atoms with Crippen molar-refractivity contribution in [1.29, 1.82) is 0 Å². The van der Waals surface area contributed by atoms with Crippen LogP contribution in [0.25, 0.3) is 0 Å². The molecular weight excluding hydrogens is 242 g/mol. The first-order chi connectivity index (χ1) is 9.31. The van der Waals surface area contributed by atoms with Crippen LogP contribution < -0.4 is 10.5 Å². The molecule has 98 valence electrons. The molecule has 0 spiro atoms. The second kappa shape index (κ2) is 4.06. The maximum atomic E-state index is 6.22. The molecule has 1 fully saturated rings. The van der Waals surface area contributed by atoms with E-state index >= 15 is 0 Å². The van der Waals surface area contributed by atoms with Gasteiger partial charge in [-0.1, -0.05) is 11.2 Å². The topological polar surface area (TPSA) is 74.2 Å². The third-order valence-electron chi connectivity index (χ3n) is 3.73. The summed E-state index contributed by atoms with van der Waals surface area (Å²) in [6, 6.07) is 5.70. The van der Waals surface area contributed by atoms with Crippen molar-refractivity contribution in [3.8, 4) is 5.75 Å². The SMILES string of the molecule is NC(c1ccc2c(c1)CCO2)c1noc(C2CC2)n1. The quantitative estimate of drug-likeness (QED) is 0.909. The first kappa shape index (κ1) is 11.0. The van der Waals surface area contributed by atoms with Crippen molar-refractivity contribution in [2.75, 3.05) is 6.61 Å². The Hall–Kier alpha value is -1.88. The van der Waals surface area contributed by atoms with E-state index in [1.165, 1.54) is 5.56 Å². The molecule has 1 atom stereocenters. The lowest BCUT2D eigenvalue weighted by Crippen LogP contribution is -2.13. The predicted molar refractivity (Wildman–Crippen MR) is 67.9 cm³/mol. The molecule has 1 aromatic carbocycles. The Bertz CT molecular complexity index is 619. The molecule has 2 aromatic rings. The number of ether oxygens (including phenoxy) is 1. The van der Waals surface area contributed by atoms with Crippen LogP contribution in [0.4, 0.5) is 0 Å². The maximum absolute atomic E-state index is 6.22. The van der Waals surface area contributed by atoms with Gasteiger partial charge in [0.25, 0.3) is 0 Å². The second-order valence-electron chi connectivity index (χ2n) is 5.21. The number of fused-ring (bicyclic) bond motifs is 1. The minimum absolute atomic E-state index is 0.331. The van der Waals surface area contributed by atoms with Crippen molar-refractivity contribution >= 4 is 0 Å². The van der Waals surface area contributed by atoms with E-state index in [2.05, 4.69) is 16.2 Å². The molecule has 2 aliphatic rings. The molecule has 2 N–H and O–H groups in total. The minimum atomic E-state index is -0.331. The highest BCUT2D eigenvalue weighted by Crippen LogP contribution is 2.39. The summed E-state index contributed by atoms with van der Waals surface area (Å²) in [5.41, 5.74) is 8.43. The summed E-state index contributed by atoms with van der Waals surface area (Å²) in [4.78, 5) is 4.41. The van der Waals surface area contributed by atoms with E-state index in [1.54, 1.807) is 0 Å². The van der Waals surface area contributed by atoms with Gasteiger partial charge in [0, 0.05) is 12.3 Å². The average Bonchev–Trinajstić information content (AvgIpc) is 3.00. The molecule has 0 amide bonds. The summed E-state index contributed by atoms with van der Waals surface area (Å²) in [5.74, 6) is 2.72. The summed E-state index contributed by atoms with van der Waals surface area (Å²) in [5, 5.41) is 4.00. The first-order valence-electron chi connectivity index (χ1n) is 6.66. The van der Waals surface area contributed by atoms with Gasteiger partial charge < -0.3 is 15.0 Å². The molecule has 1 aliphatic carbocycles. The Morgan fingerprint density at radius 1 is 1.32 bits per heavy atom. The number of benzene rings is 1. The Labute approximate surface area is 110 Å². The van der Waals surface area contributed by atoms with Crippen molar-refractivity contribution in [3.05, 3.63) is 41.0 Å². The van der Waals surface area contributed by atoms with Gasteiger partial charge in [0.05, 0.1) is 12.6 Å². The first-order valence-corrected chi connectivity index (χ1v) is 6.66. The zero-order chi connectivity index (χ0) is 12.8. The van der Waals surface area contributed by atoms with E-state index in [9.17, 15) is 0 Å². The summed E-state index contributed by atoms with van der Waals surface area (Å²) >= 11 is 0. The monoisotopic (exact) mass is 257 g/mol. The van der Waals surface area contributed by atoms with Crippen LogP contribution in [0.2, 0.25) is 0 Å². The van der Waals surface area contributed by atoms with Gasteiger partial charge in [0.15, 0.2) is 5.82 Å². The highest BCUT2D eigenvalue weighted by atomic mass is 16.5. The standard InChI is InChI=1S/C14H15N3O2/c15-12(13-16-14(19-17-13)8-1-2-8)10-3-4-11-9(7-10)5-6-18-11/h3-4,7-8,12H,1-2,5-6,15H2. The number of aromatic nitrogens is 2. The molecule has 0 saturated heterocycles. The molecule has 5 heteroatoms. The molecule has 1 aliphatic heterocycles. The second-order valence-corrected chi connectivity index (χ2v) is 5.21. The largest absolute Gasteiger partial charge is 0.493 e. The lowest BCUT2D eigenvalue weighted by molar-refractivity contribution is 0.357. The van der Waals surface area contributed by atoms with Gasteiger partial charge in [-0.25, -0.2) is 0 Å². The predicted octanol–water partition coefficient (Wildman–Crippen LogP) is 1.93. The molecule has 0 bridgehead atoms. The number of rotatable bonds is 3. The molecule has 1 unspecified atom stereocenters. The molecular formula is C14H15N3O2. The Balaban J connectivity index is 1.63. The van der Waals surface area contributed by atoms with Crippen molar-refractivity contribution < 1.29 is 9.26 Å². The summed E-state index contributed by atoms with van der Waals surface area (Å²) in [7, 11) is 0. The smallest absolute Gasteiger partial charge is 0.229 e. The van der Waals surface area contributed by atoms with Crippen LogP contribution in [0.1, 0.15) is 47.6 Å². The van der Waals surface area contributed by atoms with Crippen LogP contribution in [0.5, 0.6) is 5.75 Å². The van der Waals surface area contributed by atoms with Gasteiger partial charge in [-0.05, 0) is 36.1 Å². The third-order valence-corrected chi connectivity index (χ3v) is 3.73. The van der Waals surface area contributed by atoms with E-state index in [0.717, 1.165) is 43.1 Å². The Kier molecular flexibility index (Phi) is 2.35. The normalized spacial score (nSPS) is 19.0. The Morgan fingerprint density at radius 2 is 2.21 bits per heavy atom. The van der Waals surface area contributed by atoms with E-state index < -0.39 is 0 Å². The van der Waals surface area contributed by atoms with E-state index in [1.807, 2.05) is 12.1 Å². The molecule has 0 radical (unpaired) electrons. The number of nitrogens with two attached hydrogens (primary N) is 1. The van der Waals surface area contributed by atoms with Gasteiger partial charge >= 0.3 is 0 Å². The van der Waals surface area contributed by atoms with Crippen LogP contribution in [0, 0.1) is 0 Å². The average molecular weight is 257 g/mol. The lowest BCUT2D eigenvalue weighted by atomic mass is 10.0. The van der Waals surface area contributed by atoms with Gasteiger partial charge in [-0.2, -0.15) is 4.98 Å². The van der Waals surface area contributed by atoms with E-state index in [4.69, 9.17) is 15.0 Å². The third kappa shape index (κ3) is 1.90. The van der Waals surface area contributed by atoms with Crippen molar-refractivity contribution in [3.63, 3.8) is 0 Å². The molecule has 2 heterocycles. The van der Waals surface area contributed by atoms with Crippen molar-refractivity contribution in [2.45, 2.75) is 31.2 Å². The molecule has 4 rings (SSSR count). The van der Waals surface area contributed by atoms with E-state index in [0.29, 0.717) is 11.7 Å². The zero-order valence-electron chi connectivity index (χ0n) is 10.5. The van der Waals surface area contributed by atoms with Gasteiger partial charge in [0.1, 0.15) is 5.75 Å². The summed E-state index contributed by atoms with van der Waals surface area (Å²) < 4.78 is 10.8. The van der Waals surface area contributed by atoms with Crippen LogP contribution in [-0.2, 0) is 6.42 Å². The van der Waals surface area contributed by atoms with Gasteiger partial charge in [0.2, 0.25) is 5.89 Å². The molecule has 1 saturated carbocycles. The van der Waals surface area contributed by atoms with Crippen molar-refractivity contribution in [1.82, 2.24) is 10.1 Å². The number of hydrogen-bond acceptors (Lipinski definition) is 5. The van der Waals surface area contributed by atoms with E-state index in [-0.39, 0.29) is 6.04 Å². The highest BCUT2D eigenvalue weighted by Gasteiger charge is 2.30. The molecule has 1 aromatic heterocycles. The van der Waals surface area contributed by atoms with Crippen LogP contribution >= 0.6 is 0 Å². The van der Waals surface area contributed by atoms with Gasteiger partial charge in [-0.3, -0.25) is 0 Å². The van der Waals surface area contributed by atoms with Crippen molar-refractivity contribution in [2.24, 2.45) is 5.73 Å². The summed E-state index contributed by atoms with van der Waals surface area (Å²) in [6.07, 6.45) is 3.23. The lowest BCUT2D eigenvalue weighted by Gasteiger charge is -2.08. The fraction of sp³-hybridized carbons (Fsp3) is 0.429. The highest BCUT2D eigenvalue weighted by molar-refractivity contribution is 5.41. The molecule has 5 nitrogen and oxygen atoms in total. The number of hydrogen-bond donors (Lipinski definition) is 1. The zero-order valence-corrected chi connectivity index (χ0v) is 10.5. The van der Waals surface area contributed by atoms with Crippen LogP contribution in [0.3, 0.4) is 0 Å². The number of nitrogens with zero attached hydrogens (tertiary/aromatic N) is 2. The van der Waals surface area contributed by atoms with Gasteiger partial charge in [-0.15, -0.1) is 0 Å². The minimum Gasteiger partial charge on any atom is -0.493 e. The fourth-order valence-electron chi connectivity index (χ4n) is 2.42. The Morgan fingerprint density at radius 3 is 3.05 bits per heavy atom.